The summed E-state index contributed by atoms with van der Waals surface area (Å²) in [7, 11) is 0. The van der Waals surface area contributed by atoms with E-state index in [2.05, 4.69) is 126 Å². The highest BCUT2D eigenvalue weighted by molar-refractivity contribution is 6.09. The molecule has 61 heavy (non-hydrogen) atoms. The van der Waals surface area contributed by atoms with E-state index in [1.54, 1.807) is 0 Å². The van der Waals surface area contributed by atoms with Crippen molar-refractivity contribution in [3.8, 4) is 85.1 Å². The van der Waals surface area contributed by atoms with Crippen LogP contribution in [0.5, 0.6) is 0 Å². The maximum Gasteiger partial charge on any atom is 0.238 e. The van der Waals surface area contributed by atoms with Gasteiger partial charge in [-0.3, -0.25) is 4.57 Å². The van der Waals surface area contributed by atoms with Crippen LogP contribution in [0.2, 0.25) is 0 Å². The third kappa shape index (κ3) is 6.70. The Hall–Kier alpha value is -8.42. The highest BCUT2D eigenvalue weighted by Gasteiger charge is 2.20. The summed E-state index contributed by atoms with van der Waals surface area (Å²) in [6, 6.07) is 72.2. The van der Waals surface area contributed by atoms with Gasteiger partial charge in [0.05, 0.1) is 11.0 Å². The van der Waals surface area contributed by atoms with Crippen LogP contribution < -0.4 is 0 Å². The van der Waals surface area contributed by atoms with Crippen molar-refractivity contribution >= 4 is 21.8 Å². The van der Waals surface area contributed by atoms with E-state index in [0.29, 0.717) is 35.1 Å². The molecular weight excluding hydrogens is 747 g/mol. The first-order chi connectivity index (χ1) is 30.2. The molecule has 0 amide bonds. The topological polar surface area (TPSA) is 82.3 Å². The standard InChI is InChI=1S/C54H35N7/c1-4-19-36(20-5-1)41-27-10-12-31-45(41)52-56-49(37-21-6-2-7-22-37)55-51(58-52)40-26-18-25-39(35-40)42-28-11-13-32-46(42)53-57-50(38-23-8-3-9-24-38)59-54(60-53)61-47-33-16-14-29-43(47)44-30-15-17-34-48(44)61/h1-35H. The molecule has 0 aliphatic heterocycles. The SMILES string of the molecule is c1ccc(-c2nc(-c3cccc(-c4ccccc4-c4nc(-c5ccccc5)nc(-n5c6ccccc6c6ccccc65)n4)c3)nc(-c3ccccc3-c3ccccc3)n2)cc1. The van der Waals surface area contributed by atoms with Gasteiger partial charge in [-0.2, -0.15) is 9.97 Å². The third-order valence-electron chi connectivity index (χ3n) is 11.0. The van der Waals surface area contributed by atoms with Crippen molar-refractivity contribution in [3.63, 3.8) is 0 Å². The third-order valence-corrected chi connectivity index (χ3v) is 11.0. The fraction of sp³-hybridized carbons (Fsp3) is 0. The Morgan fingerprint density at radius 3 is 1.18 bits per heavy atom. The van der Waals surface area contributed by atoms with Crippen molar-refractivity contribution < 1.29 is 0 Å². The first-order valence-corrected chi connectivity index (χ1v) is 20.2. The van der Waals surface area contributed by atoms with Gasteiger partial charge in [0, 0.05) is 38.6 Å². The average molecular weight is 782 g/mol. The molecule has 7 nitrogen and oxygen atoms in total. The number of aromatic nitrogens is 7. The van der Waals surface area contributed by atoms with Gasteiger partial charge in [-0.1, -0.05) is 194 Å². The molecule has 0 saturated heterocycles. The van der Waals surface area contributed by atoms with Crippen molar-refractivity contribution in [1.29, 1.82) is 0 Å². The summed E-state index contributed by atoms with van der Waals surface area (Å²) in [4.78, 5) is 30.9. The normalized spacial score (nSPS) is 11.3. The number of benzene rings is 8. The van der Waals surface area contributed by atoms with E-state index in [4.69, 9.17) is 29.9 Å². The minimum absolute atomic E-state index is 0.548. The monoisotopic (exact) mass is 781 g/mol. The summed E-state index contributed by atoms with van der Waals surface area (Å²) >= 11 is 0. The molecule has 3 aromatic heterocycles. The van der Waals surface area contributed by atoms with E-state index in [0.717, 1.165) is 71.9 Å². The zero-order chi connectivity index (χ0) is 40.5. The number of fused-ring (bicyclic) bond motifs is 3. The Morgan fingerprint density at radius 1 is 0.246 bits per heavy atom. The molecule has 0 saturated carbocycles. The largest absolute Gasteiger partial charge is 0.278 e. The molecule has 0 unspecified atom stereocenters. The minimum Gasteiger partial charge on any atom is -0.278 e. The molecule has 11 aromatic rings. The summed E-state index contributed by atoms with van der Waals surface area (Å²) < 4.78 is 2.14. The van der Waals surface area contributed by atoms with Crippen molar-refractivity contribution in [2.24, 2.45) is 0 Å². The van der Waals surface area contributed by atoms with E-state index < -0.39 is 0 Å². The van der Waals surface area contributed by atoms with Gasteiger partial charge in [-0.05, 0) is 40.5 Å². The van der Waals surface area contributed by atoms with E-state index >= 15 is 0 Å². The van der Waals surface area contributed by atoms with Gasteiger partial charge in [-0.25, -0.2) is 19.9 Å². The Balaban J connectivity index is 1.07. The van der Waals surface area contributed by atoms with Crippen LogP contribution in [0.3, 0.4) is 0 Å². The lowest BCUT2D eigenvalue weighted by Gasteiger charge is -2.14. The van der Waals surface area contributed by atoms with Crippen molar-refractivity contribution in [3.05, 3.63) is 212 Å². The van der Waals surface area contributed by atoms with E-state index in [-0.39, 0.29) is 0 Å². The lowest BCUT2D eigenvalue weighted by atomic mass is 9.97. The molecule has 11 rings (SSSR count). The fourth-order valence-corrected chi connectivity index (χ4v) is 8.08. The van der Waals surface area contributed by atoms with Crippen LogP contribution in [0.1, 0.15) is 0 Å². The highest BCUT2D eigenvalue weighted by Crippen LogP contribution is 2.37. The van der Waals surface area contributed by atoms with Crippen LogP contribution in [0, 0.1) is 0 Å². The van der Waals surface area contributed by atoms with Gasteiger partial charge in [0.2, 0.25) is 5.95 Å². The molecule has 8 aromatic carbocycles. The molecule has 7 heteroatoms. The molecule has 3 heterocycles. The fourth-order valence-electron chi connectivity index (χ4n) is 8.08. The molecule has 286 valence electrons. The molecule has 0 N–H and O–H groups in total. The number of nitrogens with zero attached hydrogens (tertiary/aromatic N) is 7. The van der Waals surface area contributed by atoms with Crippen LogP contribution in [-0.2, 0) is 0 Å². The lowest BCUT2D eigenvalue weighted by molar-refractivity contribution is 0.953. The van der Waals surface area contributed by atoms with Crippen molar-refractivity contribution in [2.45, 2.75) is 0 Å². The predicted octanol–water partition coefficient (Wildman–Crippen LogP) is 12.8. The van der Waals surface area contributed by atoms with E-state index in [1.807, 2.05) is 91.0 Å². The van der Waals surface area contributed by atoms with Gasteiger partial charge in [0.25, 0.3) is 0 Å². The second kappa shape index (κ2) is 15.4. The Morgan fingerprint density at radius 2 is 0.607 bits per heavy atom. The van der Waals surface area contributed by atoms with Crippen molar-refractivity contribution in [2.75, 3.05) is 0 Å². The Labute approximate surface area is 352 Å². The molecule has 0 aliphatic carbocycles. The molecule has 0 radical (unpaired) electrons. The maximum atomic E-state index is 5.27. The maximum absolute atomic E-state index is 5.27. The minimum atomic E-state index is 0.548. The average Bonchev–Trinajstić information content (AvgIpc) is 3.69. The molecular formula is C54H35N7. The van der Waals surface area contributed by atoms with E-state index in [9.17, 15) is 0 Å². The summed E-state index contributed by atoms with van der Waals surface area (Å²) in [6.07, 6.45) is 0. The number of hydrogen-bond acceptors (Lipinski definition) is 6. The van der Waals surface area contributed by atoms with Crippen LogP contribution >= 0.6 is 0 Å². The molecule has 0 bridgehead atoms. The van der Waals surface area contributed by atoms with Crippen LogP contribution in [0.15, 0.2) is 212 Å². The first kappa shape index (κ1) is 35.7. The zero-order valence-electron chi connectivity index (χ0n) is 32.8. The molecule has 0 atom stereocenters. The highest BCUT2D eigenvalue weighted by atomic mass is 15.2. The summed E-state index contributed by atoms with van der Waals surface area (Å²) in [5.41, 5.74) is 10.6. The number of hydrogen-bond donors (Lipinski definition) is 0. The lowest BCUT2D eigenvalue weighted by Crippen LogP contribution is -2.06. The second-order valence-corrected chi connectivity index (χ2v) is 14.7. The second-order valence-electron chi connectivity index (χ2n) is 14.7. The molecule has 0 spiro atoms. The summed E-state index contributed by atoms with van der Waals surface area (Å²) in [5.74, 6) is 3.49. The predicted molar refractivity (Wildman–Crippen MR) is 246 cm³/mol. The van der Waals surface area contributed by atoms with Crippen LogP contribution in [0.4, 0.5) is 0 Å². The number of para-hydroxylation sites is 2. The molecule has 0 fully saturated rings. The van der Waals surface area contributed by atoms with Crippen LogP contribution in [0.25, 0.3) is 107 Å². The first-order valence-electron chi connectivity index (χ1n) is 20.2. The van der Waals surface area contributed by atoms with Gasteiger partial charge in [0.1, 0.15) is 0 Å². The Kier molecular flexibility index (Phi) is 9.02. The zero-order valence-corrected chi connectivity index (χ0v) is 32.8. The van der Waals surface area contributed by atoms with Gasteiger partial charge in [-0.15, -0.1) is 0 Å². The Bertz CT molecular complexity index is 3310. The van der Waals surface area contributed by atoms with E-state index in [1.165, 1.54) is 0 Å². The summed E-state index contributed by atoms with van der Waals surface area (Å²) in [5, 5.41) is 2.28. The summed E-state index contributed by atoms with van der Waals surface area (Å²) in [6.45, 7) is 0. The number of rotatable bonds is 8. The van der Waals surface area contributed by atoms with Gasteiger partial charge < -0.3 is 0 Å². The smallest absolute Gasteiger partial charge is 0.238 e. The van der Waals surface area contributed by atoms with Gasteiger partial charge in [0.15, 0.2) is 29.1 Å². The van der Waals surface area contributed by atoms with Gasteiger partial charge >= 0.3 is 0 Å². The molecule has 0 aliphatic rings. The van der Waals surface area contributed by atoms with Crippen molar-refractivity contribution in [1.82, 2.24) is 34.5 Å². The quantitative estimate of drug-likeness (QED) is 0.153. The van der Waals surface area contributed by atoms with Crippen LogP contribution in [-0.4, -0.2) is 34.5 Å².